The van der Waals surface area contributed by atoms with E-state index in [1.165, 1.54) is 25.7 Å². The Kier molecular flexibility index (Phi) is 5.20. The number of rotatable bonds is 5. The second-order valence-electron chi connectivity index (χ2n) is 4.74. The summed E-state index contributed by atoms with van der Waals surface area (Å²) in [6.45, 7) is 5.30. The van der Waals surface area contributed by atoms with E-state index in [0.717, 1.165) is 25.5 Å². The van der Waals surface area contributed by atoms with E-state index in [4.69, 9.17) is 11.6 Å². The van der Waals surface area contributed by atoms with Gasteiger partial charge in [0.05, 0.1) is 6.20 Å². The van der Waals surface area contributed by atoms with Crippen LogP contribution in [0.15, 0.2) is 12.5 Å². The molecular weight excluding hydrogens is 248 g/mol. The molecule has 1 aliphatic rings. The first kappa shape index (κ1) is 13.6. The minimum Gasteiger partial charge on any atom is -0.351 e. The smallest absolute Gasteiger partial charge is 0.151 e. The average Bonchev–Trinajstić information content (AvgIpc) is 2.40. The molecule has 1 saturated heterocycles. The molecule has 100 valence electrons. The Morgan fingerprint density at radius 2 is 2.39 bits per heavy atom. The van der Waals surface area contributed by atoms with Crippen LogP contribution in [-0.2, 0) is 0 Å². The molecule has 0 radical (unpaired) electrons. The van der Waals surface area contributed by atoms with E-state index in [9.17, 15) is 0 Å². The summed E-state index contributed by atoms with van der Waals surface area (Å²) in [6.07, 6.45) is 8.13. The molecule has 4 nitrogen and oxygen atoms in total. The van der Waals surface area contributed by atoms with E-state index in [1.807, 2.05) is 0 Å². The van der Waals surface area contributed by atoms with Gasteiger partial charge in [-0.15, -0.1) is 0 Å². The molecule has 1 fully saturated rings. The molecule has 0 saturated carbocycles. The van der Waals surface area contributed by atoms with Gasteiger partial charge in [0.15, 0.2) is 5.82 Å². The van der Waals surface area contributed by atoms with Gasteiger partial charge in [-0.1, -0.05) is 18.5 Å². The van der Waals surface area contributed by atoms with Crippen molar-refractivity contribution in [3.8, 4) is 0 Å². The van der Waals surface area contributed by atoms with Gasteiger partial charge in [0.1, 0.15) is 11.3 Å². The maximum absolute atomic E-state index is 6.20. The molecule has 5 heteroatoms. The van der Waals surface area contributed by atoms with Gasteiger partial charge >= 0.3 is 0 Å². The Labute approximate surface area is 114 Å². The average molecular weight is 269 g/mol. The molecular formula is C13H21ClN4. The summed E-state index contributed by atoms with van der Waals surface area (Å²) in [4.78, 5) is 10.6. The Hall–Kier alpha value is -0.870. The molecule has 0 aliphatic carbocycles. The number of halogens is 1. The summed E-state index contributed by atoms with van der Waals surface area (Å²) >= 11 is 6.20. The molecule has 1 unspecified atom stereocenters. The van der Waals surface area contributed by atoms with Crippen LogP contribution in [0.4, 0.5) is 5.82 Å². The molecule has 1 N–H and O–H groups in total. The zero-order valence-electron chi connectivity index (χ0n) is 10.9. The highest BCUT2D eigenvalue weighted by Gasteiger charge is 2.24. The zero-order valence-corrected chi connectivity index (χ0v) is 11.7. The van der Waals surface area contributed by atoms with Crippen LogP contribution >= 0.6 is 11.6 Å². The van der Waals surface area contributed by atoms with Crippen molar-refractivity contribution in [3.05, 3.63) is 17.5 Å². The summed E-state index contributed by atoms with van der Waals surface area (Å²) in [5.74, 6) is 0.884. The van der Waals surface area contributed by atoms with Crippen LogP contribution in [0.5, 0.6) is 0 Å². The number of hydrogen-bond acceptors (Lipinski definition) is 4. The monoisotopic (exact) mass is 268 g/mol. The van der Waals surface area contributed by atoms with Gasteiger partial charge in [0.25, 0.3) is 0 Å². The quantitative estimate of drug-likeness (QED) is 0.833. The summed E-state index contributed by atoms with van der Waals surface area (Å²) in [6, 6.07) is 0.498. The van der Waals surface area contributed by atoms with Crippen LogP contribution in [0.3, 0.4) is 0 Å². The molecule has 1 atom stereocenters. The second kappa shape index (κ2) is 6.90. The maximum atomic E-state index is 6.20. The first-order chi connectivity index (χ1) is 8.83. The van der Waals surface area contributed by atoms with Crippen molar-refractivity contribution in [2.75, 3.05) is 24.5 Å². The van der Waals surface area contributed by atoms with Crippen molar-refractivity contribution in [2.45, 2.75) is 38.6 Å². The largest absolute Gasteiger partial charge is 0.351 e. The minimum absolute atomic E-state index is 0.498. The lowest BCUT2D eigenvalue weighted by atomic mass is 10.0. The molecule has 2 heterocycles. The van der Waals surface area contributed by atoms with Gasteiger partial charge in [-0.25, -0.2) is 9.97 Å². The molecule has 1 aliphatic heterocycles. The first-order valence-electron chi connectivity index (χ1n) is 6.75. The number of nitrogens with one attached hydrogen (secondary N) is 1. The molecule has 18 heavy (non-hydrogen) atoms. The van der Waals surface area contributed by atoms with E-state index in [-0.39, 0.29) is 0 Å². The van der Waals surface area contributed by atoms with Gasteiger partial charge in [0, 0.05) is 19.1 Å². The van der Waals surface area contributed by atoms with Gasteiger partial charge in [-0.2, -0.15) is 0 Å². The highest BCUT2D eigenvalue weighted by Crippen LogP contribution is 2.27. The van der Waals surface area contributed by atoms with Crippen molar-refractivity contribution in [3.63, 3.8) is 0 Å². The molecule has 2 rings (SSSR count). The standard InChI is InChI=1S/C13H21ClN4/c1-2-6-15-8-11-5-3-4-7-18(11)13-12(14)9-16-10-17-13/h9-11,15H,2-8H2,1H3. The first-order valence-corrected chi connectivity index (χ1v) is 7.13. The Morgan fingerprint density at radius 1 is 1.50 bits per heavy atom. The predicted octanol–water partition coefficient (Wildman–Crippen LogP) is 2.49. The van der Waals surface area contributed by atoms with E-state index in [0.29, 0.717) is 11.1 Å². The summed E-state index contributed by atoms with van der Waals surface area (Å²) in [7, 11) is 0. The predicted molar refractivity (Wildman–Crippen MR) is 75.2 cm³/mol. The van der Waals surface area contributed by atoms with Crippen LogP contribution in [0.25, 0.3) is 0 Å². The molecule has 0 spiro atoms. The fraction of sp³-hybridized carbons (Fsp3) is 0.692. The fourth-order valence-electron chi connectivity index (χ4n) is 2.45. The van der Waals surface area contributed by atoms with Gasteiger partial charge in [-0.3, -0.25) is 0 Å². The number of nitrogens with zero attached hydrogens (tertiary/aromatic N) is 3. The fourth-order valence-corrected chi connectivity index (χ4v) is 2.67. The van der Waals surface area contributed by atoms with Crippen LogP contribution in [0.1, 0.15) is 32.6 Å². The minimum atomic E-state index is 0.498. The normalized spacial score (nSPS) is 20.1. The maximum Gasteiger partial charge on any atom is 0.151 e. The van der Waals surface area contributed by atoms with Gasteiger partial charge in [0.2, 0.25) is 0 Å². The topological polar surface area (TPSA) is 41.0 Å². The Balaban J connectivity index is 2.05. The highest BCUT2D eigenvalue weighted by atomic mass is 35.5. The lowest BCUT2D eigenvalue weighted by Gasteiger charge is -2.37. The van der Waals surface area contributed by atoms with Crippen LogP contribution in [0, 0.1) is 0 Å². The third kappa shape index (κ3) is 3.33. The van der Waals surface area contributed by atoms with Crippen molar-refractivity contribution < 1.29 is 0 Å². The lowest BCUT2D eigenvalue weighted by Crippen LogP contribution is -2.46. The van der Waals surface area contributed by atoms with Crippen LogP contribution in [0.2, 0.25) is 5.02 Å². The van der Waals surface area contributed by atoms with Crippen molar-refractivity contribution >= 4 is 17.4 Å². The summed E-state index contributed by atoms with van der Waals surface area (Å²) in [5, 5.41) is 4.15. The number of piperidine rings is 1. The van der Waals surface area contributed by atoms with E-state index in [1.54, 1.807) is 12.5 Å². The van der Waals surface area contributed by atoms with Crippen molar-refractivity contribution in [1.82, 2.24) is 15.3 Å². The molecule has 0 amide bonds. The molecule has 0 bridgehead atoms. The number of hydrogen-bond donors (Lipinski definition) is 1. The summed E-state index contributed by atoms with van der Waals surface area (Å²) < 4.78 is 0. The van der Waals surface area contributed by atoms with E-state index in [2.05, 4.69) is 27.1 Å². The lowest BCUT2D eigenvalue weighted by molar-refractivity contribution is 0.433. The van der Waals surface area contributed by atoms with Gasteiger partial charge in [-0.05, 0) is 32.2 Å². The number of anilines is 1. The second-order valence-corrected chi connectivity index (χ2v) is 5.15. The van der Waals surface area contributed by atoms with Gasteiger partial charge < -0.3 is 10.2 Å². The van der Waals surface area contributed by atoms with Crippen molar-refractivity contribution in [1.29, 1.82) is 0 Å². The third-order valence-corrected chi connectivity index (χ3v) is 3.62. The van der Waals surface area contributed by atoms with E-state index >= 15 is 0 Å². The summed E-state index contributed by atoms with van der Waals surface area (Å²) in [5.41, 5.74) is 0. The molecule has 1 aromatic heterocycles. The van der Waals surface area contributed by atoms with E-state index < -0.39 is 0 Å². The molecule has 1 aromatic rings. The number of aromatic nitrogens is 2. The highest BCUT2D eigenvalue weighted by molar-refractivity contribution is 6.32. The Bertz CT molecular complexity index is 372. The van der Waals surface area contributed by atoms with Crippen LogP contribution in [-0.4, -0.2) is 35.6 Å². The Morgan fingerprint density at radius 3 is 3.17 bits per heavy atom. The third-order valence-electron chi connectivity index (χ3n) is 3.35. The van der Waals surface area contributed by atoms with Crippen LogP contribution < -0.4 is 10.2 Å². The molecule has 0 aromatic carbocycles. The van der Waals surface area contributed by atoms with Crippen molar-refractivity contribution in [2.24, 2.45) is 0 Å². The zero-order chi connectivity index (χ0) is 12.8. The SMILES string of the molecule is CCCNCC1CCCCN1c1ncncc1Cl.